The number of allylic oxidation sites excluding steroid dienone is 1. The molecule has 1 aliphatic rings. The van der Waals surface area contributed by atoms with E-state index in [1.807, 2.05) is 35.2 Å². The van der Waals surface area contributed by atoms with Gasteiger partial charge in [0.15, 0.2) is 5.82 Å². The van der Waals surface area contributed by atoms with E-state index in [1.165, 1.54) is 4.68 Å². The minimum Gasteiger partial charge on any atom is -0.377 e. The van der Waals surface area contributed by atoms with Gasteiger partial charge in [-0.3, -0.25) is 4.79 Å². The molecule has 126 valence electrons. The number of rotatable bonds is 4. The molecule has 1 aromatic heterocycles. The van der Waals surface area contributed by atoms with E-state index in [4.69, 9.17) is 34.8 Å². The van der Waals surface area contributed by atoms with Crippen molar-refractivity contribution in [3.8, 4) is 5.69 Å². The van der Waals surface area contributed by atoms with Crippen LogP contribution in [-0.4, -0.2) is 47.8 Å². The quantitative estimate of drug-likeness (QED) is 0.597. The monoisotopic (exact) mass is 385 g/mol. The van der Waals surface area contributed by atoms with Crippen LogP contribution in [0, 0.1) is 0 Å². The van der Waals surface area contributed by atoms with Crippen molar-refractivity contribution in [3.05, 3.63) is 42.4 Å². The number of benzene rings is 1. The first-order valence-electron chi connectivity index (χ1n) is 7.38. The third kappa shape index (κ3) is 3.71. The van der Waals surface area contributed by atoms with Gasteiger partial charge in [-0.05, 0) is 35.4 Å². The predicted octanol–water partition coefficient (Wildman–Crippen LogP) is 3.04. The predicted molar refractivity (Wildman–Crippen MR) is 93.2 cm³/mol. The molecule has 0 N–H and O–H groups in total. The second-order valence-electron chi connectivity index (χ2n) is 5.36. The maximum Gasteiger partial charge on any atom is 0.253 e. The molecule has 9 heteroatoms. The second-order valence-corrected chi connectivity index (χ2v) is 7.64. The van der Waals surface area contributed by atoms with Crippen molar-refractivity contribution in [2.75, 3.05) is 13.1 Å². The highest BCUT2D eigenvalue weighted by molar-refractivity contribution is 6.79. The fourth-order valence-corrected chi connectivity index (χ4v) is 2.83. The van der Waals surface area contributed by atoms with Gasteiger partial charge >= 0.3 is 0 Å². The summed E-state index contributed by atoms with van der Waals surface area (Å²) in [6.07, 6.45) is 3.78. The Bertz CT molecular complexity index is 748. The number of alkyl halides is 3. The standard InChI is InChI=1S/C15H14Cl3N5O/c16-15(17,18)13(24)12(10-22-8-4-5-9-22)14-19-20-21-23(14)11-6-2-1-3-7-11/h1-3,6-7,10H,4-5,8-9H2/b12-10+. The lowest BCUT2D eigenvalue weighted by atomic mass is 10.1. The number of carbonyl (C=O) groups is 1. The summed E-state index contributed by atoms with van der Waals surface area (Å²) in [6.45, 7) is 1.67. The average molecular weight is 387 g/mol. The Morgan fingerprint density at radius 2 is 1.79 bits per heavy atom. The van der Waals surface area contributed by atoms with Crippen molar-refractivity contribution in [1.82, 2.24) is 25.1 Å². The molecule has 0 unspecified atom stereocenters. The molecule has 3 rings (SSSR count). The molecule has 0 bridgehead atoms. The summed E-state index contributed by atoms with van der Waals surface area (Å²) in [4.78, 5) is 14.6. The van der Waals surface area contributed by atoms with Crippen molar-refractivity contribution in [2.45, 2.75) is 16.6 Å². The maximum absolute atomic E-state index is 12.6. The second kappa shape index (κ2) is 7.09. The number of hydrogen-bond acceptors (Lipinski definition) is 5. The van der Waals surface area contributed by atoms with Gasteiger partial charge in [0.1, 0.15) is 0 Å². The van der Waals surface area contributed by atoms with E-state index in [0.29, 0.717) is 5.69 Å². The molecule has 2 aromatic rings. The molecule has 1 fully saturated rings. The van der Waals surface area contributed by atoms with Gasteiger partial charge in [-0.2, -0.15) is 4.68 Å². The molecule has 0 amide bonds. The van der Waals surface area contributed by atoms with E-state index in [9.17, 15) is 4.79 Å². The van der Waals surface area contributed by atoms with Crippen molar-refractivity contribution in [3.63, 3.8) is 0 Å². The number of carbonyl (C=O) groups excluding carboxylic acids is 1. The van der Waals surface area contributed by atoms with Crippen molar-refractivity contribution < 1.29 is 4.79 Å². The smallest absolute Gasteiger partial charge is 0.253 e. The Kier molecular flexibility index (Phi) is 5.08. The number of halogens is 3. The van der Waals surface area contributed by atoms with Crippen molar-refractivity contribution >= 4 is 46.2 Å². The zero-order valence-corrected chi connectivity index (χ0v) is 14.8. The van der Waals surface area contributed by atoms with E-state index in [0.717, 1.165) is 25.9 Å². The summed E-state index contributed by atoms with van der Waals surface area (Å²) in [5.74, 6) is -0.421. The van der Waals surface area contributed by atoms with Crippen LogP contribution in [-0.2, 0) is 4.79 Å². The number of Topliss-reactive ketones (excluding diaryl/α,β-unsaturated/α-hetero) is 1. The van der Waals surface area contributed by atoms with Gasteiger partial charge in [-0.25, -0.2) is 0 Å². The first-order valence-corrected chi connectivity index (χ1v) is 8.52. The van der Waals surface area contributed by atoms with Crippen molar-refractivity contribution in [1.29, 1.82) is 0 Å². The molecule has 0 radical (unpaired) electrons. The summed E-state index contributed by atoms with van der Waals surface area (Å²) in [5.41, 5.74) is 0.882. The number of ketones is 1. The Labute approximate surface area is 154 Å². The van der Waals surface area contributed by atoms with E-state index in [-0.39, 0.29) is 11.4 Å². The lowest BCUT2D eigenvalue weighted by molar-refractivity contribution is -0.113. The van der Waals surface area contributed by atoms with Crippen LogP contribution in [0.15, 0.2) is 36.5 Å². The van der Waals surface area contributed by atoms with Crippen LogP contribution in [0.1, 0.15) is 18.7 Å². The largest absolute Gasteiger partial charge is 0.377 e. The molecule has 0 spiro atoms. The lowest BCUT2D eigenvalue weighted by Crippen LogP contribution is -2.24. The Morgan fingerprint density at radius 3 is 2.42 bits per heavy atom. The van der Waals surface area contributed by atoms with Gasteiger partial charge in [0.25, 0.3) is 3.79 Å². The number of nitrogens with zero attached hydrogens (tertiary/aromatic N) is 5. The first-order chi connectivity index (χ1) is 11.5. The third-order valence-electron chi connectivity index (χ3n) is 3.67. The van der Waals surface area contributed by atoms with E-state index in [1.54, 1.807) is 6.20 Å². The molecule has 1 aromatic carbocycles. The van der Waals surface area contributed by atoms with Crippen LogP contribution in [0.2, 0.25) is 0 Å². The lowest BCUT2D eigenvalue weighted by Gasteiger charge is -2.17. The SMILES string of the molecule is O=C(/C(=C\N1CCCC1)c1nnnn1-c1ccccc1)C(Cl)(Cl)Cl. The van der Waals surface area contributed by atoms with Crippen LogP contribution in [0.25, 0.3) is 11.3 Å². The molecule has 0 atom stereocenters. The Balaban J connectivity index is 2.07. The molecule has 0 aliphatic carbocycles. The van der Waals surface area contributed by atoms with Gasteiger partial charge in [0.05, 0.1) is 11.3 Å². The summed E-state index contributed by atoms with van der Waals surface area (Å²) < 4.78 is -0.630. The first kappa shape index (κ1) is 17.2. The van der Waals surface area contributed by atoms with Crippen LogP contribution in [0.4, 0.5) is 0 Å². The van der Waals surface area contributed by atoms with E-state index < -0.39 is 9.58 Å². The van der Waals surface area contributed by atoms with E-state index >= 15 is 0 Å². The van der Waals surface area contributed by atoms with Gasteiger partial charge in [0, 0.05) is 19.3 Å². The summed E-state index contributed by atoms with van der Waals surface area (Å²) in [7, 11) is 0. The van der Waals surface area contributed by atoms with Crippen LogP contribution < -0.4 is 0 Å². The van der Waals surface area contributed by atoms with Crippen LogP contribution >= 0.6 is 34.8 Å². The van der Waals surface area contributed by atoms with Gasteiger partial charge in [-0.15, -0.1) is 5.10 Å². The normalized spacial score (nSPS) is 15.8. The fraction of sp³-hybridized carbons (Fsp3) is 0.333. The highest BCUT2D eigenvalue weighted by Crippen LogP contribution is 2.34. The highest BCUT2D eigenvalue weighted by atomic mass is 35.6. The average Bonchev–Trinajstić information content (AvgIpc) is 3.23. The molecule has 24 heavy (non-hydrogen) atoms. The summed E-state index contributed by atoms with van der Waals surface area (Å²) in [5, 5.41) is 11.6. The topological polar surface area (TPSA) is 63.9 Å². The van der Waals surface area contributed by atoms with Gasteiger partial charge in [0.2, 0.25) is 5.78 Å². The molecule has 1 saturated heterocycles. The number of hydrogen-bond donors (Lipinski definition) is 0. The highest BCUT2D eigenvalue weighted by Gasteiger charge is 2.37. The third-order valence-corrected chi connectivity index (χ3v) is 4.18. The summed E-state index contributed by atoms with van der Waals surface area (Å²) in [6, 6.07) is 9.23. The molecular formula is C15H14Cl3N5O. The molecular weight excluding hydrogens is 373 g/mol. The number of likely N-dealkylation sites (tertiary alicyclic amines) is 1. The molecule has 2 heterocycles. The number of tetrazole rings is 1. The van der Waals surface area contributed by atoms with Gasteiger partial charge in [-0.1, -0.05) is 53.0 Å². The Hall–Kier alpha value is -1.63. The van der Waals surface area contributed by atoms with E-state index in [2.05, 4.69) is 15.5 Å². The fourth-order valence-electron chi connectivity index (χ4n) is 2.52. The zero-order valence-electron chi connectivity index (χ0n) is 12.6. The van der Waals surface area contributed by atoms with Crippen molar-refractivity contribution in [2.24, 2.45) is 0 Å². The molecule has 0 saturated carbocycles. The summed E-state index contributed by atoms with van der Waals surface area (Å²) >= 11 is 17.5. The van der Waals surface area contributed by atoms with Crippen LogP contribution in [0.5, 0.6) is 0 Å². The zero-order chi connectivity index (χ0) is 17.2. The molecule has 6 nitrogen and oxygen atoms in total. The Morgan fingerprint density at radius 1 is 1.12 bits per heavy atom. The minimum absolute atomic E-state index is 0.172. The van der Waals surface area contributed by atoms with Gasteiger partial charge < -0.3 is 4.90 Å². The number of aromatic nitrogens is 4. The minimum atomic E-state index is -2.08. The maximum atomic E-state index is 12.6. The van der Waals surface area contributed by atoms with Crippen LogP contribution in [0.3, 0.4) is 0 Å². The number of para-hydroxylation sites is 1. The molecule has 1 aliphatic heterocycles.